The second-order valence-electron chi connectivity index (χ2n) is 20.8. The van der Waals surface area contributed by atoms with Crippen molar-refractivity contribution in [2.24, 2.45) is 0 Å². The number of ether oxygens (including phenoxy) is 1. The maximum atomic E-state index is 6.96. The Labute approximate surface area is 401 Å². The van der Waals surface area contributed by atoms with Crippen LogP contribution in [0.15, 0.2) is 152 Å². The first-order valence-electron chi connectivity index (χ1n) is 22.4. The van der Waals surface area contributed by atoms with Gasteiger partial charge in [0.1, 0.15) is 5.82 Å². The predicted octanol–water partition coefficient (Wildman–Crippen LogP) is 15.2. The van der Waals surface area contributed by atoms with Gasteiger partial charge in [-0.3, -0.25) is 0 Å². The van der Waals surface area contributed by atoms with Crippen LogP contribution in [0, 0.1) is 18.8 Å². The first-order chi connectivity index (χ1) is 30.3. The van der Waals surface area contributed by atoms with Crippen LogP contribution in [0.1, 0.15) is 110 Å². The molecule has 5 nitrogen and oxygen atoms in total. The number of rotatable bonds is 8. The molecule has 9 rings (SSSR count). The first kappa shape index (κ1) is 45.7. The van der Waals surface area contributed by atoms with Crippen molar-refractivity contribution in [2.45, 2.75) is 97.8 Å². The largest absolute Gasteiger partial charge is 0.509 e. The SMILES string of the molecule is CC(C)(C)c1cc(N2C=C(c3ccccc3)N(c3[c-]c(Oc4[c-]c5c(cc4)c4ccccc4n5-c4cc(C(C)(C)C)ccn4)cc(C(C)(C)c4ccccc4)c3)[CH-]2)cc(C(C)(C)C)c1.[Pt]. The number of pyridine rings is 1. The van der Waals surface area contributed by atoms with Crippen molar-refractivity contribution in [3.8, 4) is 17.3 Å². The molecule has 0 unspecified atom stereocenters. The molecule has 6 aromatic carbocycles. The van der Waals surface area contributed by atoms with E-state index in [0.29, 0.717) is 11.5 Å². The van der Waals surface area contributed by atoms with Crippen LogP contribution in [0.3, 0.4) is 0 Å². The third-order valence-corrected chi connectivity index (χ3v) is 12.7. The normalized spacial score (nSPS) is 13.6. The van der Waals surface area contributed by atoms with Crippen LogP contribution in [0.25, 0.3) is 33.3 Å². The van der Waals surface area contributed by atoms with Gasteiger partial charge in [-0.25, -0.2) is 4.98 Å². The average Bonchev–Trinajstić information content (AvgIpc) is 3.86. The molecule has 0 amide bonds. The van der Waals surface area contributed by atoms with Crippen LogP contribution < -0.4 is 14.5 Å². The Hall–Kier alpha value is -5.90. The van der Waals surface area contributed by atoms with Gasteiger partial charge in [-0.2, -0.15) is 6.07 Å². The third-order valence-electron chi connectivity index (χ3n) is 12.7. The summed E-state index contributed by atoms with van der Waals surface area (Å²) >= 11 is 0. The molecule has 6 heteroatoms. The number of fused-ring (bicyclic) bond motifs is 3. The number of benzene rings is 6. The molecule has 0 saturated carbocycles. The predicted molar refractivity (Wildman–Crippen MR) is 268 cm³/mol. The molecule has 3 heterocycles. The van der Waals surface area contributed by atoms with Crippen molar-refractivity contribution in [1.29, 1.82) is 0 Å². The molecule has 0 spiro atoms. The zero-order valence-corrected chi connectivity index (χ0v) is 41.8. The smallest absolute Gasteiger partial charge is 0.135 e. The van der Waals surface area contributed by atoms with E-state index in [2.05, 4.69) is 249 Å². The summed E-state index contributed by atoms with van der Waals surface area (Å²) in [5.74, 6) is 2.05. The first-order valence-corrected chi connectivity index (χ1v) is 22.4. The van der Waals surface area contributed by atoms with Gasteiger partial charge in [0.05, 0.1) is 0 Å². The van der Waals surface area contributed by atoms with Crippen molar-refractivity contribution in [3.63, 3.8) is 0 Å². The Morgan fingerprint density at radius 2 is 1.17 bits per heavy atom. The van der Waals surface area contributed by atoms with Gasteiger partial charge in [0.25, 0.3) is 0 Å². The molecule has 0 radical (unpaired) electrons. The molecular formula is C59H59N4OPt-3. The van der Waals surface area contributed by atoms with Crippen LogP contribution in [-0.4, -0.2) is 9.55 Å². The van der Waals surface area contributed by atoms with Crippen molar-refractivity contribution in [3.05, 3.63) is 204 Å². The summed E-state index contributed by atoms with van der Waals surface area (Å²) in [6.07, 6.45) is 4.16. The minimum atomic E-state index is -0.369. The van der Waals surface area contributed by atoms with E-state index in [1.54, 1.807) is 0 Å². The fraction of sp³-hybridized carbons (Fsp3) is 0.254. The van der Waals surface area contributed by atoms with Gasteiger partial charge in [0, 0.05) is 55.7 Å². The van der Waals surface area contributed by atoms with Gasteiger partial charge in [0.2, 0.25) is 0 Å². The maximum absolute atomic E-state index is 6.96. The second-order valence-corrected chi connectivity index (χ2v) is 20.8. The summed E-state index contributed by atoms with van der Waals surface area (Å²) in [6, 6.07) is 57.2. The summed E-state index contributed by atoms with van der Waals surface area (Å²) in [5.41, 5.74) is 11.8. The molecule has 0 saturated heterocycles. The molecule has 2 aromatic heterocycles. The zero-order chi connectivity index (χ0) is 45.2. The number of nitrogens with zero attached hydrogens (tertiary/aromatic N) is 4. The van der Waals surface area contributed by atoms with Crippen LogP contribution in [0.5, 0.6) is 11.5 Å². The summed E-state index contributed by atoms with van der Waals surface area (Å²) < 4.78 is 9.17. The van der Waals surface area contributed by atoms with E-state index in [4.69, 9.17) is 9.72 Å². The average molecular weight is 1040 g/mol. The van der Waals surface area contributed by atoms with Crippen LogP contribution in [0.4, 0.5) is 11.4 Å². The number of hydrogen-bond acceptors (Lipinski definition) is 4. The summed E-state index contributed by atoms with van der Waals surface area (Å²) in [7, 11) is 0. The van der Waals surface area contributed by atoms with Gasteiger partial charge >= 0.3 is 0 Å². The van der Waals surface area contributed by atoms with E-state index in [1.807, 2.05) is 12.3 Å². The number of para-hydroxylation sites is 1. The number of hydrogen-bond donors (Lipinski definition) is 0. The van der Waals surface area contributed by atoms with Gasteiger partial charge in [0.15, 0.2) is 0 Å². The Bertz CT molecular complexity index is 3000. The van der Waals surface area contributed by atoms with Crippen molar-refractivity contribution in [1.82, 2.24) is 9.55 Å². The summed E-state index contributed by atoms with van der Waals surface area (Å²) in [4.78, 5) is 9.42. The van der Waals surface area contributed by atoms with E-state index in [0.717, 1.165) is 55.8 Å². The van der Waals surface area contributed by atoms with E-state index in [1.165, 1.54) is 22.3 Å². The van der Waals surface area contributed by atoms with Crippen LogP contribution >= 0.6 is 0 Å². The molecule has 0 aliphatic carbocycles. The van der Waals surface area contributed by atoms with E-state index in [9.17, 15) is 0 Å². The van der Waals surface area contributed by atoms with Crippen molar-refractivity contribution >= 4 is 38.9 Å². The molecule has 1 aliphatic rings. The van der Waals surface area contributed by atoms with Gasteiger partial charge in [-0.1, -0.05) is 167 Å². The minimum Gasteiger partial charge on any atom is -0.509 e. The zero-order valence-electron chi connectivity index (χ0n) is 39.5. The molecule has 334 valence electrons. The topological polar surface area (TPSA) is 33.5 Å². The Morgan fingerprint density at radius 1 is 0.538 bits per heavy atom. The molecule has 0 bridgehead atoms. The van der Waals surface area contributed by atoms with Crippen molar-refractivity contribution in [2.75, 3.05) is 9.80 Å². The standard InChI is InChI=1S/C59H59N4O.Pt/c1-56(2,3)42-28-29-60-55(35-42)63-52-25-19-18-24-50(52)51-27-26-48(37-53(51)63)64-49-34-45(59(10,11)41-22-16-13-17-23-41)33-47(36-49)62-39-61(38-54(62)40-20-14-12-15-21-40)46-31-43(57(4,5)6)30-44(32-46)58(7,8)9;/h12-35,38-39H,1-11H3;/q-3;. The van der Waals surface area contributed by atoms with Crippen LogP contribution in [-0.2, 0) is 42.7 Å². The van der Waals surface area contributed by atoms with Gasteiger partial charge in [-0.05, 0) is 91.4 Å². The van der Waals surface area contributed by atoms with E-state index >= 15 is 0 Å². The molecule has 65 heavy (non-hydrogen) atoms. The molecule has 8 aromatic rings. The molecule has 0 N–H and O–H groups in total. The van der Waals surface area contributed by atoms with Gasteiger partial charge in [-0.15, -0.1) is 53.6 Å². The Balaban J connectivity index is 0.00000576. The Morgan fingerprint density at radius 3 is 1.83 bits per heavy atom. The number of aromatic nitrogens is 2. The Kier molecular flexibility index (Phi) is 12.0. The quantitative estimate of drug-likeness (QED) is 0.142. The fourth-order valence-corrected chi connectivity index (χ4v) is 8.59. The van der Waals surface area contributed by atoms with Gasteiger partial charge < -0.3 is 19.1 Å². The fourth-order valence-electron chi connectivity index (χ4n) is 8.59. The maximum Gasteiger partial charge on any atom is 0.135 e. The van der Waals surface area contributed by atoms with Crippen LogP contribution in [0.2, 0.25) is 0 Å². The minimum absolute atomic E-state index is 0. The van der Waals surface area contributed by atoms with Crippen molar-refractivity contribution < 1.29 is 25.8 Å². The second kappa shape index (κ2) is 17.1. The number of anilines is 2. The summed E-state index contributed by atoms with van der Waals surface area (Å²) in [5, 5.41) is 2.23. The van der Waals surface area contributed by atoms with E-state index < -0.39 is 0 Å². The summed E-state index contributed by atoms with van der Waals surface area (Å²) in [6.45, 7) is 27.2. The molecule has 0 atom stereocenters. The molecule has 0 fully saturated rings. The molecule has 1 aliphatic heterocycles. The monoisotopic (exact) mass is 1030 g/mol. The third kappa shape index (κ3) is 9.05. The van der Waals surface area contributed by atoms with E-state index in [-0.39, 0.29) is 42.7 Å². The molecular weight excluding hydrogens is 976 g/mol.